The second-order valence-electron chi connectivity index (χ2n) is 8.65. The number of carboxylic acids is 1. The minimum absolute atomic E-state index is 0.198. The first-order chi connectivity index (χ1) is 13.4. The largest absolute Gasteiger partial charge is 0.481 e. The number of hydrogen-bond acceptors (Lipinski definition) is 4. The summed E-state index contributed by atoms with van der Waals surface area (Å²) in [6.45, 7) is 7.50. The molecule has 0 spiro atoms. The number of ketones is 1. The van der Waals surface area contributed by atoms with Gasteiger partial charge in [0.2, 0.25) is 0 Å². The lowest BCUT2D eigenvalue weighted by Crippen LogP contribution is -2.74. The Balaban J connectivity index is 2.32. The molecule has 0 aromatic heterocycles. The summed E-state index contributed by atoms with van der Waals surface area (Å²) >= 11 is 0. The summed E-state index contributed by atoms with van der Waals surface area (Å²) in [4.78, 5) is 36.1. The Labute approximate surface area is 170 Å². The molecule has 0 saturated carbocycles. The molecule has 0 bridgehead atoms. The van der Waals surface area contributed by atoms with E-state index in [2.05, 4.69) is 6.92 Å². The molecule has 0 radical (unpaired) electrons. The van der Waals surface area contributed by atoms with Crippen LogP contribution in [0.25, 0.3) is 0 Å². The number of carboxylic acid groups (broad SMARTS) is 1. The third-order valence-corrected chi connectivity index (χ3v) is 6.25. The normalized spacial score (nSPS) is 25.1. The molecule has 1 aliphatic rings. The molecule has 1 amide bonds. The van der Waals surface area contributed by atoms with Crippen LogP contribution in [0.4, 0.5) is 5.69 Å². The highest BCUT2D eigenvalue weighted by Crippen LogP contribution is 2.52. The Morgan fingerprint density at radius 2 is 1.69 bits per heavy atom. The van der Waals surface area contributed by atoms with E-state index in [0.717, 1.165) is 11.1 Å². The van der Waals surface area contributed by atoms with Crippen LogP contribution in [0.2, 0.25) is 0 Å². The highest BCUT2D eigenvalue weighted by Gasteiger charge is 2.58. The summed E-state index contributed by atoms with van der Waals surface area (Å²) in [6.07, 6.45) is -0.00860. The Morgan fingerprint density at radius 1 is 1.07 bits per heavy atom. The molecule has 0 saturated heterocycles. The molecular formula is C23H27N2O4+. The van der Waals surface area contributed by atoms with Crippen molar-refractivity contribution >= 4 is 23.3 Å². The molecule has 3 rings (SSSR count). The molecule has 0 aliphatic carbocycles. The van der Waals surface area contributed by atoms with Crippen LogP contribution in [0.15, 0.2) is 48.5 Å². The smallest absolute Gasteiger partial charge is 0.335 e. The van der Waals surface area contributed by atoms with E-state index in [1.807, 2.05) is 44.2 Å². The Hall–Kier alpha value is -2.83. The van der Waals surface area contributed by atoms with Crippen LogP contribution in [0.5, 0.6) is 0 Å². The topological polar surface area (TPSA) is 97.5 Å². The number of nitrogens with two attached hydrogens (primary N) is 1. The lowest BCUT2D eigenvalue weighted by Gasteiger charge is -2.52. The number of Topliss-reactive ketones (excluding diaryl/α,β-unsaturated/α-hetero) is 1. The van der Waals surface area contributed by atoms with Crippen molar-refractivity contribution in [2.24, 2.45) is 5.84 Å². The molecule has 6 heteroatoms. The van der Waals surface area contributed by atoms with Crippen molar-refractivity contribution < 1.29 is 19.5 Å². The first-order valence-corrected chi connectivity index (χ1v) is 9.58. The van der Waals surface area contributed by atoms with Crippen LogP contribution in [0.3, 0.4) is 0 Å². The number of benzene rings is 2. The summed E-state index contributed by atoms with van der Waals surface area (Å²) in [6, 6.07) is 14.9. The van der Waals surface area contributed by atoms with E-state index in [1.54, 1.807) is 18.2 Å². The molecule has 0 fully saturated rings. The lowest BCUT2D eigenvalue weighted by molar-refractivity contribution is -0.136. The van der Waals surface area contributed by atoms with Gasteiger partial charge in [0.1, 0.15) is 12.0 Å². The quantitative estimate of drug-likeness (QED) is 0.271. The maximum absolute atomic E-state index is 12.7. The Morgan fingerprint density at radius 3 is 2.24 bits per heavy atom. The van der Waals surface area contributed by atoms with Gasteiger partial charge >= 0.3 is 11.9 Å². The van der Waals surface area contributed by atoms with E-state index in [9.17, 15) is 14.4 Å². The molecule has 2 aromatic rings. The summed E-state index contributed by atoms with van der Waals surface area (Å²) in [5, 5.41) is 9.00. The van der Waals surface area contributed by atoms with Gasteiger partial charge in [-0.25, -0.2) is 4.79 Å². The van der Waals surface area contributed by atoms with Crippen LogP contribution in [-0.2, 0) is 15.0 Å². The van der Waals surface area contributed by atoms with Crippen molar-refractivity contribution in [1.29, 1.82) is 0 Å². The van der Waals surface area contributed by atoms with Gasteiger partial charge in [-0.15, -0.1) is 0 Å². The zero-order valence-corrected chi connectivity index (χ0v) is 17.2. The number of hydrogen-bond donors (Lipinski definition) is 2. The third-order valence-electron chi connectivity index (χ3n) is 6.25. The van der Waals surface area contributed by atoms with Crippen molar-refractivity contribution in [3.63, 3.8) is 0 Å². The number of amides is 1. The van der Waals surface area contributed by atoms with Gasteiger partial charge in [-0.2, -0.15) is 10.4 Å². The van der Waals surface area contributed by atoms with Gasteiger partial charge in [-0.3, -0.25) is 9.59 Å². The van der Waals surface area contributed by atoms with Crippen molar-refractivity contribution in [2.45, 2.75) is 51.5 Å². The van der Waals surface area contributed by atoms with Crippen LogP contribution in [0.1, 0.15) is 62.0 Å². The van der Waals surface area contributed by atoms with Crippen LogP contribution >= 0.6 is 0 Å². The van der Waals surface area contributed by atoms with Gasteiger partial charge in [0.15, 0.2) is 11.5 Å². The minimum Gasteiger partial charge on any atom is -0.481 e. The van der Waals surface area contributed by atoms with Gasteiger partial charge in [-0.05, 0) is 31.5 Å². The fourth-order valence-corrected chi connectivity index (χ4v) is 4.77. The molecule has 29 heavy (non-hydrogen) atoms. The predicted molar refractivity (Wildman–Crippen MR) is 111 cm³/mol. The van der Waals surface area contributed by atoms with E-state index >= 15 is 0 Å². The van der Waals surface area contributed by atoms with Crippen LogP contribution in [-0.4, -0.2) is 28.3 Å². The van der Waals surface area contributed by atoms with Gasteiger partial charge < -0.3 is 5.11 Å². The number of quaternary nitrogens is 1. The molecule has 1 aliphatic heterocycles. The average Bonchev–Trinajstić information content (AvgIpc) is 2.65. The molecular weight excluding hydrogens is 368 g/mol. The maximum atomic E-state index is 12.7. The number of rotatable bonds is 4. The predicted octanol–water partition coefficient (Wildman–Crippen LogP) is 3.56. The van der Waals surface area contributed by atoms with Gasteiger partial charge in [0.25, 0.3) is 0 Å². The van der Waals surface area contributed by atoms with Crippen molar-refractivity contribution in [3.8, 4) is 0 Å². The van der Waals surface area contributed by atoms with Crippen LogP contribution < -0.4 is 10.4 Å². The maximum Gasteiger partial charge on any atom is 0.335 e. The monoisotopic (exact) mass is 395 g/mol. The lowest BCUT2D eigenvalue weighted by atomic mass is 9.64. The number of carbonyl (C=O) groups is 3. The SMILES string of the molecule is CC(=O)[N+]1(N)c2ccc(C(=O)CC(=O)O)cc2C(C)(c2ccccc2)CC1(C)C. The fourth-order valence-electron chi connectivity index (χ4n) is 4.77. The third kappa shape index (κ3) is 3.18. The summed E-state index contributed by atoms with van der Waals surface area (Å²) in [5.74, 6) is 4.86. The zero-order chi connectivity index (χ0) is 21.6. The number of fused-ring (bicyclic) bond motifs is 1. The van der Waals surface area contributed by atoms with E-state index < -0.39 is 29.1 Å². The molecule has 2 atom stereocenters. The summed E-state index contributed by atoms with van der Waals surface area (Å²) in [7, 11) is 0. The highest BCUT2D eigenvalue weighted by molar-refractivity contribution is 6.06. The zero-order valence-electron chi connectivity index (χ0n) is 17.2. The van der Waals surface area contributed by atoms with Gasteiger partial charge in [0.05, 0.1) is 6.92 Å². The summed E-state index contributed by atoms with van der Waals surface area (Å²) in [5.41, 5.74) is 1.66. The second kappa shape index (κ2) is 6.90. The molecule has 2 unspecified atom stereocenters. The molecule has 2 aromatic carbocycles. The number of carbonyl (C=O) groups excluding carboxylic acids is 2. The molecule has 3 N–H and O–H groups in total. The van der Waals surface area contributed by atoms with E-state index in [4.69, 9.17) is 10.9 Å². The minimum atomic E-state index is -1.17. The van der Waals surface area contributed by atoms with Gasteiger partial charge in [0, 0.05) is 29.0 Å². The van der Waals surface area contributed by atoms with Crippen molar-refractivity contribution in [1.82, 2.24) is 4.59 Å². The van der Waals surface area contributed by atoms with Crippen molar-refractivity contribution in [2.75, 3.05) is 0 Å². The van der Waals surface area contributed by atoms with Crippen LogP contribution in [0, 0.1) is 0 Å². The number of nitrogens with zero attached hydrogens (tertiary/aromatic N) is 1. The molecule has 6 nitrogen and oxygen atoms in total. The standard InChI is InChI=1S/C23H26N2O4/c1-15(26)25(24)19-11-10-16(20(27)13-21(28)29)12-18(19)23(4,14-22(25,2)3)17-8-6-5-7-9-17/h5-12H,13-14,24H2,1-4H3/p+1. The Kier molecular flexibility index (Phi) is 4.97. The highest BCUT2D eigenvalue weighted by atomic mass is 16.4. The van der Waals surface area contributed by atoms with E-state index in [-0.39, 0.29) is 10.5 Å². The van der Waals surface area contributed by atoms with Gasteiger partial charge in [-0.1, -0.05) is 37.3 Å². The van der Waals surface area contributed by atoms with E-state index in [1.165, 1.54) is 6.92 Å². The van der Waals surface area contributed by atoms with E-state index in [0.29, 0.717) is 17.7 Å². The Bertz CT molecular complexity index is 999. The first-order valence-electron chi connectivity index (χ1n) is 9.58. The second-order valence-corrected chi connectivity index (χ2v) is 8.65. The molecule has 152 valence electrons. The fraction of sp³-hybridized carbons (Fsp3) is 0.348. The van der Waals surface area contributed by atoms with Crippen molar-refractivity contribution in [3.05, 3.63) is 65.2 Å². The number of aliphatic carboxylic acids is 1. The summed E-state index contributed by atoms with van der Waals surface area (Å²) < 4.78 is -0.377. The molecule has 1 heterocycles. The first kappa shape index (κ1) is 20.9. The average molecular weight is 395 g/mol.